The normalized spacial score (nSPS) is 25.5. The number of rotatable bonds is 5. The Kier molecular flexibility index (Phi) is 4.83. The minimum Gasteiger partial charge on any atom is -0.331 e. The molecule has 0 aromatic carbocycles. The molecule has 1 N–H and O–H groups in total. The van der Waals surface area contributed by atoms with Crippen molar-refractivity contribution in [1.82, 2.24) is 9.80 Å². The summed E-state index contributed by atoms with van der Waals surface area (Å²) in [6.45, 7) is 5.58. The van der Waals surface area contributed by atoms with Crippen LogP contribution in [-0.4, -0.2) is 66.6 Å². The van der Waals surface area contributed by atoms with Gasteiger partial charge in [-0.05, 0) is 24.3 Å². The van der Waals surface area contributed by atoms with Crippen LogP contribution in [0.2, 0.25) is 0 Å². The highest BCUT2D eigenvalue weighted by molar-refractivity contribution is 8.00. The maximum Gasteiger partial charge on any atom is 0.234 e. The van der Waals surface area contributed by atoms with Crippen molar-refractivity contribution < 1.29 is 14.5 Å². The average Bonchev–Trinajstić information content (AvgIpc) is 3.19. The second kappa shape index (κ2) is 7.06. The molecule has 1 aromatic heterocycles. The number of hydrogen-bond acceptors (Lipinski definition) is 4. The average molecular weight is 367 g/mol. The molecule has 3 aliphatic rings. The summed E-state index contributed by atoms with van der Waals surface area (Å²) in [5.74, 6) is 1.57. The van der Waals surface area contributed by atoms with Crippen LogP contribution in [-0.2, 0) is 9.59 Å². The second-order valence-electron chi connectivity index (χ2n) is 6.87. The Morgan fingerprint density at radius 1 is 1.29 bits per heavy atom. The zero-order valence-corrected chi connectivity index (χ0v) is 15.4. The zero-order chi connectivity index (χ0) is 16.5. The van der Waals surface area contributed by atoms with Crippen LogP contribution in [0.3, 0.4) is 0 Å². The van der Waals surface area contributed by atoms with Crippen LogP contribution in [0.25, 0.3) is 0 Å². The summed E-state index contributed by atoms with van der Waals surface area (Å²) in [6, 6.07) is 4.19. The number of carbonyl (C=O) groups excluding carboxylic acids is 2. The molecule has 3 fully saturated rings. The van der Waals surface area contributed by atoms with E-state index in [1.54, 1.807) is 23.1 Å². The quantitative estimate of drug-likeness (QED) is 0.824. The van der Waals surface area contributed by atoms with Crippen molar-refractivity contribution in [3.63, 3.8) is 0 Å². The lowest BCUT2D eigenvalue weighted by atomic mass is 10.2. The fraction of sp³-hybridized carbons (Fsp3) is 0.647. The summed E-state index contributed by atoms with van der Waals surface area (Å²) in [5.41, 5.74) is 0. The fourth-order valence-electron chi connectivity index (χ4n) is 3.52. The van der Waals surface area contributed by atoms with E-state index in [1.165, 1.54) is 9.78 Å². The molecule has 5 nitrogen and oxygen atoms in total. The summed E-state index contributed by atoms with van der Waals surface area (Å²) in [7, 11) is 0. The largest absolute Gasteiger partial charge is 0.331 e. The number of thiophene rings is 1. The van der Waals surface area contributed by atoms with E-state index in [1.807, 2.05) is 9.80 Å². The molecule has 0 spiro atoms. The van der Waals surface area contributed by atoms with E-state index in [0.29, 0.717) is 17.6 Å². The topological polar surface area (TPSA) is 45.1 Å². The van der Waals surface area contributed by atoms with Crippen molar-refractivity contribution >= 4 is 34.9 Å². The van der Waals surface area contributed by atoms with Gasteiger partial charge in [0.15, 0.2) is 0 Å². The molecule has 0 bridgehead atoms. The first kappa shape index (κ1) is 16.4. The number of thioether (sulfide) groups is 1. The maximum absolute atomic E-state index is 12.2. The molecular weight excluding hydrogens is 342 g/mol. The van der Waals surface area contributed by atoms with Crippen molar-refractivity contribution in [2.24, 2.45) is 5.92 Å². The standard InChI is InChI=1S/C17H23N3O2S2/c21-15-12-24-17(14-2-1-11-23-14)20(15)10-7-18-5-8-19(9-6-18)16(22)13-3-4-13/h1-2,11,13,17H,3-10,12H2/p+1/t17-/m0/s1. The Morgan fingerprint density at radius 3 is 2.75 bits per heavy atom. The number of quaternary nitrogens is 1. The lowest BCUT2D eigenvalue weighted by Crippen LogP contribution is -3.15. The monoisotopic (exact) mass is 366 g/mol. The SMILES string of the molecule is O=C(C1CC1)N1CC[NH+](CCN2C(=O)CS[C@H]2c2cccs2)CC1. The number of nitrogens with one attached hydrogen (secondary N) is 1. The molecule has 0 unspecified atom stereocenters. The van der Waals surface area contributed by atoms with E-state index in [2.05, 4.69) is 17.5 Å². The molecule has 1 aliphatic carbocycles. The van der Waals surface area contributed by atoms with Crippen molar-refractivity contribution in [2.75, 3.05) is 45.0 Å². The molecule has 130 valence electrons. The van der Waals surface area contributed by atoms with E-state index in [-0.39, 0.29) is 11.3 Å². The number of carbonyl (C=O) groups is 2. The minimum absolute atomic E-state index is 0.203. The van der Waals surface area contributed by atoms with Crippen molar-refractivity contribution in [3.05, 3.63) is 22.4 Å². The van der Waals surface area contributed by atoms with Gasteiger partial charge in [0.1, 0.15) is 5.37 Å². The molecule has 3 heterocycles. The molecule has 2 amide bonds. The Bertz CT molecular complexity index is 595. The zero-order valence-electron chi connectivity index (χ0n) is 13.8. The van der Waals surface area contributed by atoms with Crippen LogP contribution in [0.5, 0.6) is 0 Å². The Balaban J connectivity index is 1.27. The van der Waals surface area contributed by atoms with Crippen molar-refractivity contribution in [2.45, 2.75) is 18.2 Å². The van der Waals surface area contributed by atoms with Gasteiger partial charge in [-0.25, -0.2) is 0 Å². The predicted octanol–water partition coefficient (Wildman–Crippen LogP) is 0.459. The summed E-state index contributed by atoms with van der Waals surface area (Å²) < 4.78 is 0. The Labute approximate surface area is 151 Å². The first-order valence-electron chi connectivity index (χ1n) is 8.79. The summed E-state index contributed by atoms with van der Waals surface area (Å²) in [6.07, 6.45) is 2.18. The highest BCUT2D eigenvalue weighted by Gasteiger charge is 2.37. The third kappa shape index (κ3) is 3.48. The molecular formula is C17H24N3O2S2+. The van der Waals surface area contributed by atoms with Gasteiger partial charge < -0.3 is 14.7 Å². The van der Waals surface area contributed by atoms with E-state index >= 15 is 0 Å². The van der Waals surface area contributed by atoms with Gasteiger partial charge in [0.2, 0.25) is 11.8 Å². The van der Waals surface area contributed by atoms with Crippen LogP contribution in [0.15, 0.2) is 17.5 Å². The van der Waals surface area contributed by atoms with Crippen LogP contribution < -0.4 is 4.90 Å². The van der Waals surface area contributed by atoms with Gasteiger partial charge in [-0.1, -0.05) is 6.07 Å². The highest BCUT2D eigenvalue weighted by Crippen LogP contribution is 2.40. The van der Waals surface area contributed by atoms with Crippen LogP contribution >= 0.6 is 23.1 Å². The van der Waals surface area contributed by atoms with Gasteiger partial charge in [-0.2, -0.15) is 0 Å². The molecule has 2 aliphatic heterocycles. The molecule has 0 radical (unpaired) electrons. The summed E-state index contributed by atoms with van der Waals surface area (Å²) >= 11 is 3.48. The van der Waals surface area contributed by atoms with Gasteiger partial charge in [-0.15, -0.1) is 23.1 Å². The summed E-state index contributed by atoms with van der Waals surface area (Å²) in [5, 5.41) is 2.28. The van der Waals surface area contributed by atoms with Gasteiger partial charge in [0.25, 0.3) is 0 Å². The number of hydrogen-bond donors (Lipinski definition) is 1. The lowest BCUT2D eigenvalue weighted by molar-refractivity contribution is -0.903. The second-order valence-corrected chi connectivity index (χ2v) is 8.91. The van der Waals surface area contributed by atoms with E-state index in [4.69, 9.17) is 0 Å². The predicted molar refractivity (Wildman–Crippen MR) is 96.1 cm³/mol. The van der Waals surface area contributed by atoms with E-state index < -0.39 is 0 Å². The third-order valence-corrected chi connectivity index (χ3v) is 7.48. The van der Waals surface area contributed by atoms with Gasteiger partial charge in [0, 0.05) is 10.8 Å². The molecule has 24 heavy (non-hydrogen) atoms. The lowest BCUT2D eigenvalue weighted by Gasteiger charge is -2.33. The molecule has 2 saturated heterocycles. The Hall–Kier alpha value is -1.05. The van der Waals surface area contributed by atoms with Crippen LogP contribution in [0, 0.1) is 5.92 Å². The highest BCUT2D eigenvalue weighted by atomic mass is 32.2. The molecule has 7 heteroatoms. The van der Waals surface area contributed by atoms with Gasteiger partial charge in [-0.3, -0.25) is 9.59 Å². The first-order chi connectivity index (χ1) is 11.7. The third-order valence-electron chi connectivity index (χ3n) is 5.17. The smallest absolute Gasteiger partial charge is 0.234 e. The first-order valence-corrected chi connectivity index (χ1v) is 10.7. The molecule has 1 saturated carbocycles. The van der Waals surface area contributed by atoms with Gasteiger partial charge in [0.05, 0.1) is 45.0 Å². The number of amides is 2. The van der Waals surface area contributed by atoms with E-state index in [9.17, 15) is 9.59 Å². The van der Waals surface area contributed by atoms with Crippen LogP contribution in [0.4, 0.5) is 0 Å². The molecule has 1 aromatic rings. The fourth-order valence-corrected chi connectivity index (χ4v) is 5.72. The summed E-state index contributed by atoms with van der Waals surface area (Å²) in [4.78, 5) is 31.2. The van der Waals surface area contributed by atoms with Crippen LogP contribution in [0.1, 0.15) is 23.1 Å². The van der Waals surface area contributed by atoms with Crippen molar-refractivity contribution in [1.29, 1.82) is 0 Å². The number of nitrogens with zero attached hydrogens (tertiary/aromatic N) is 2. The van der Waals surface area contributed by atoms with E-state index in [0.717, 1.165) is 52.1 Å². The molecule has 1 atom stereocenters. The molecule has 4 rings (SSSR count). The minimum atomic E-state index is 0.203. The maximum atomic E-state index is 12.2. The van der Waals surface area contributed by atoms with Gasteiger partial charge >= 0.3 is 0 Å². The van der Waals surface area contributed by atoms with Crippen molar-refractivity contribution in [3.8, 4) is 0 Å². The number of piperazine rings is 1. The Morgan fingerprint density at radius 2 is 2.08 bits per heavy atom.